The Morgan fingerprint density at radius 1 is 1.00 bits per heavy atom. The van der Waals surface area contributed by atoms with Gasteiger partial charge in [0.2, 0.25) is 0 Å². The molecule has 1 saturated heterocycles. The lowest BCUT2D eigenvalue weighted by Crippen LogP contribution is -2.64. The number of carboxylic acid groups (broad SMARTS) is 1. The summed E-state index contributed by atoms with van der Waals surface area (Å²) in [5.41, 5.74) is 0.0226. The maximum Gasteiger partial charge on any atom is 0.312 e. The van der Waals surface area contributed by atoms with Crippen LogP contribution >= 0.6 is 0 Å². The van der Waals surface area contributed by atoms with Gasteiger partial charge in [0.15, 0.2) is 6.29 Å². The van der Waals surface area contributed by atoms with Gasteiger partial charge in [0.25, 0.3) is 0 Å². The maximum absolute atomic E-state index is 13.2. The molecule has 5 saturated carbocycles. The summed E-state index contributed by atoms with van der Waals surface area (Å²) in [5, 5.41) is 53.2. The molecule has 8 heteroatoms. The maximum atomic E-state index is 13.2. The fraction of sp³-hybridized carbons (Fsp3) is 0.914. The zero-order valence-electron chi connectivity index (χ0n) is 27.1. The summed E-state index contributed by atoms with van der Waals surface area (Å²) in [6.45, 7) is 13.2. The minimum Gasteiger partial charge on any atom is -0.481 e. The predicted octanol–water partition coefficient (Wildman–Crippen LogP) is 4.67. The SMILES string of the molecule is CC(C)=CCC[C@@H](C)[C@H]1CC[C@@]2(C)[C@@H]3CC[C@@H]4[C@](C)(C(=O)O)[C@@H](O[C@@H]5O[C@H](CO)[C@H](O)[C@H]5O)C[C@H](O)[C@@]45C[C@@]35CC[C@]12C. The average Bonchev–Trinajstić information content (AvgIpc) is 3.47. The third kappa shape index (κ3) is 4.11. The Morgan fingerprint density at radius 2 is 1.70 bits per heavy atom. The zero-order valence-corrected chi connectivity index (χ0v) is 27.1. The Labute approximate surface area is 257 Å². The Morgan fingerprint density at radius 3 is 2.33 bits per heavy atom. The lowest BCUT2D eigenvalue weighted by atomic mass is 9.41. The molecule has 5 N–H and O–H groups in total. The van der Waals surface area contributed by atoms with Crippen LogP contribution in [-0.2, 0) is 14.3 Å². The molecule has 0 bridgehead atoms. The molecule has 15 atom stereocenters. The molecule has 43 heavy (non-hydrogen) atoms. The summed E-state index contributed by atoms with van der Waals surface area (Å²) < 4.78 is 11.8. The number of aliphatic hydroxyl groups excluding tert-OH is 4. The van der Waals surface area contributed by atoms with Crippen molar-refractivity contribution >= 4 is 5.97 Å². The van der Waals surface area contributed by atoms with E-state index < -0.39 is 60.2 Å². The minimum absolute atomic E-state index is 0.0486. The van der Waals surface area contributed by atoms with Crippen molar-refractivity contribution in [1.29, 1.82) is 0 Å². The average molecular weight is 605 g/mol. The zero-order chi connectivity index (χ0) is 31.3. The highest BCUT2D eigenvalue weighted by molar-refractivity contribution is 5.76. The second kappa shape index (κ2) is 10.5. The Balaban J connectivity index is 1.27. The van der Waals surface area contributed by atoms with Crippen LogP contribution in [0.1, 0.15) is 106 Å². The Kier molecular flexibility index (Phi) is 7.79. The molecule has 8 nitrogen and oxygen atoms in total. The van der Waals surface area contributed by atoms with Crippen molar-refractivity contribution in [2.24, 2.45) is 50.7 Å². The van der Waals surface area contributed by atoms with Crippen LogP contribution in [0.4, 0.5) is 0 Å². The summed E-state index contributed by atoms with van der Waals surface area (Å²) in [4.78, 5) is 13.2. The van der Waals surface area contributed by atoms with E-state index in [0.29, 0.717) is 17.8 Å². The number of allylic oxidation sites excluding steroid dienone is 2. The van der Waals surface area contributed by atoms with E-state index in [1.807, 2.05) is 0 Å². The van der Waals surface area contributed by atoms with Crippen LogP contribution < -0.4 is 0 Å². The summed E-state index contributed by atoms with van der Waals surface area (Å²) in [7, 11) is 0. The van der Waals surface area contributed by atoms with E-state index in [0.717, 1.165) is 38.5 Å². The molecule has 6 rings (SSSR count). The molecule has 0 amide bonds. The first-order valence-electron chi connectivity index (χ1n) is 17.0. The van der Waals surface area contributed by atoms with Gasteiger partial charge in [-0.2, -0.15) is 0 Å². The second-order valence-electron chi connectivity index (χ2n) is 16.5. The van der Waals surface area contributed by atoms with Gasteiger partial charge in [0.1, 0.15) is 18.3 Å². The van der Waals surface area contributed by atoms with E-state index in [4.69, 9.17) is 9.47 Å². The van der Waals surface area contributed by atoms with Crippen molar-refractivity contribution in [1.82, 2.24) is 0 Å². The van der Waals surface area contributed by atoms with Crippen molar-refractivity contribution in [3.63, 3.8) is 0 Å². The van der Waals surface area contributed by atoms with Gasteiger partial charge in [0, 0.05) is 11.8 Å². The quantitative estimate of drug-likeness (QED) is 0.252. The number of hydrogen-bond acceptors (Lipinski definition) is 7. The predicted molar refractivity (Wildman–Crippen MR) is 161 cm³/mol. The molecule has 6 fully saturated rings. The molecule has 6 aliphatic rings. The molecule has 1 aliphatic heterocycles. The van der Waals surface area contributed by atoms with Gasteiger partial charge >= 0.3 is 5.97 Å². The molecular weight excluding hydrogens is 548 g/mol. The summed E-state index contributed by atoms with van der Waals surface area (Å²) in [6.07, 6.45) is 5.50. The van der Waals surface area contributed by atoms with Crippen LogP contribution in [0.15, 0.2) is 11.6 Å². The highest BCUT2D eigenvalue weighted by Gasteiger charge is 2.86. The Hall–Kier alpha value is -1.03. The standard InChI is InChI=1S/C35H56O8/c1-19(2)8-7-9-20(3)21-12-13-32(5)23-10-11-24-33(6,30(40)41)26(43-29-28(39)27(38)22(17-36)42-29)16-25(37)35(24)18-34(23,35)15-14-31(21,32)4/h8,20-29,36-39H,7,9-18H2,1-6H3,(H,40,41)/t20-,21-,22-,23+,24-,25+,26+,27+,28-,29+,31-,32+,33+,34+,35-/m1/s1. The first-order valence-corrected chi connectivity index (χ1v) is 17.0. The van der Waals surface area contributed by atoms with Gasteiger partial charge in [-0.25, -0.2) is 0 Å². The molecule has 0 aromatic rings. The summed E-state index contributed by atoms with van der Waals surface area (Å²) in [5.74, 6) is 0.607. The largest absolute Gasteiger partial charge is 0.481 e. The number of rotatable bonds is 8. The number of aliphatic hydroxyl groups is 4. The second-order valence-corrected chi connectivity index (χ2v) is 16.5. The van der Waals surface area contributed by atoms with E-state index in [-0.39, 0.29) is 28.6 Å². The molecule has 0 unspecified atom stereocenters. The van der Waals surface area contributed by atoms with Crippen molar-refractivity contribution in [3.8, 4) is 0 Å². The van der Waals surface area contributed by atoms with Crippen molar-refractivity contribution in [2.75, 3.05) is 6.61 Å². The number of hydrogen-bond donors (Lipinski definition) is 5. The van der Waals surface area contributed by atoms with Crippen molar-refractivity contribution in [2.45, 2.75) is 143 Å². The minimum atomic E-state index is -1.40. The van der Waals surface area contributed by atoms with Crippen molar-refractivity contribution in [3.05, 3.63) is 11.6 Å². The molecule has 0 aromatic heterocycles. The highest BCUT2D eigenvalue weighted by atomic mass is 16.7. The fourth-order valence-electron chi connectivity index (χ4n) is 12.5. The smallest absolute Gasteiger partial charge is 0.312 e. The molecule has 5 aliphatic carbocycles. The molecular formula is C35H56O8. The summed E-state index contributed by atoms with van der Waals surface area (Å²) in [6, 6.07) is 0. The molecule has 2 spiro atoms. The molecule has 1 heterocycles. The molecule has 244 valence electrons. The van der Waals surface area contributed by atoms with E-state index in [9.17, 15) is 30.3 Å². The summed E-state index contributed by atoms with van der Waals surface area (Å²) >= 11 is 0. The number of carbonyl (C=O) groups is 1. The van der Waals surface area contributed by atoms with E-state index >= 15 is 0 Å². The third-order valence-corrected chi connectivity index (χ3v) is 14.9. The number of carboxylic acids is 1. The molecule has 0 radical (unpaired) electrons. The number of fused-ring (bicyclic) bond motifs is 2. The lowest BCUT2D eigenvalue weighted by Gasteiger charge is -2.64. The van der Waals surface area contributed by atoms with Gasteiger partial charge in [-0.05, 0) is 118 Å². The van der Waals surface area contributed by atoms with E-state index in [1.165, 1.54) is 24.8 Å². The monoisotopic (exact) mass is 604 g/mol. The first kappa shape index (κ1) is 31.9. The first-order chi connectivity index (χ1) is 20.1. The van der Waals surface area contributed by atoms with Crippen molar-refractivity contribution < 1.29 is 39.8 Å². The third-order valence-electron chi connectivity index (χ3n) is 14.9. The van der Waals surface area contributed by atoms with Gasteiger partial charge in [-0.15, -0.1) is 0 Å². The Bertz CT molecular complexity index is 1140. The van der Waals surface area contributed by atoms with Crippen LogP contribution in [-0.4, -0.2) is 74.9 Å². The normalized spacial score (nSPS) is 54.1. The van der Waals surface area contributed by atoms with Crippen LogP contribution in [0, 0.1) is 50.7 Å². The van der Waals surface area contributed by atoms with Crippen LogP contribution in [0.5, 0.6) is 0 Å². The van der Waals surface area contributed by atoms with E-state index in [2.05, 4.69) is 40.7 Å². The lowest BCUT2D eigenvalue weighted by molar-refractivity contribution is -0.262. The molecule has 0 aromatic carbocycles. The van der Waals surface area contributed by atoms with Gasteiger partial charge in [0.05, 0.1) is 24.2 Å². The number of aliphatic carboxylic acids is 1. The number of ether oxygens (including phenoxy) is 2. The van der Waals surface area contributed by atoms with Gasteiger partial charge in [-0.1, -0.05) is 32.4 Å². The van der Waals surface area contributed by atoms with Crippen LogP contribution in [0.25, 0.3) is 0 Å². The van der Waals surface area contributed by atoms with E-state index in [1.54, 1.807) is 6.92 Å². The highest BCUT2D eigenvalue weighted by Crippen LogP contribution is 2.89. The van der Waals surface area contributed by atoms with Gasteiger partial charge in [-0.3, -0.25) is 4.79 Å². The fourth-order valence-corrected chi connectivity index (χ4v) is 12.5. The van der Waals surface area contributed by atoms with Crippen LogP contribution in [0.3, 0.4) is 0 Å². The van der Waals surface area contributed by atoms with Gasteiger partial charge < -0.3 is 35.0 Å². The van der Waals surface area contributed by atoms with Crippen LogP contribution in [0.2, 0.25) is 0 Å². The topological polar surface area (TPSA) is 137 Å².